The standard InChI is InChI=1S/C7H17N3/c1-4-5-6-7-8-9-10(2)3/h4-7H2,1-3H3. The number of nitrogens with zero attached hydrogens (tertiary/aromatic N) is 3. The van der Waals surface area contributed by atoms with Gasteiger partial charge in [-0.15, -0.1) is 0 Å². The third kappa shape index (κ3) is 7.40. The van der Waals surface area contributed by atoms with Gasteiger partial charge in [0.25, 0.3) is 0 Å². The predicted octanol–water partition coefficient (Wildman–Crippen LogP) is 2.11. The summed E-state index contributed by atoms with van der Waals surface area (Å²) in [4.78, 5) is 0. The van der Waals surface area contributed by atoms with Crippen LogP contribution < -0.4 is 0 Å². The minimum atomic E-state index is 0.867. The van der Waals surface area contributed by atoms with E-state index in [4.69, 9.17) is 0 Å². The van der Waals surface area contributed by atoms with Gasteiger partial charge in [0, 0.05) is 14.1 Å². The minimum Gasteiger partial charge on any atom is -0.285 e. The highest BCUT2D eigenvalue weighted by Crippen LogP contribution is 1.93. The first-order valence-corrected chi connectivity index (χ1v) is 3.82. The summed E-state index contributed by atoms with van der Waals surface area (Å²) in [6, 6.07) is 0. The van der Waals surface area contributed by atoms with Gasteiger partial charge >= 0.3 is 0 Å². The van der Waals surface area contributed by atoms with Crippen LogP contribution >= 0.6 is 0 Å². The Hall–Kier alpha value is -0.600. The zero-order valence-corrected chi connectivity index (χ0v) is 7.17. The van der Waals surface area contributed by atoms with Crippen LogP contribution in [0.3, 0.4) is 0 Å². The van der Waals surface area contributed by atoms with E-state index in [1.807, 2.05) is 14.1 Å². The normalized spacial score (nSPS) is 10.7. The molecule has 10 heavy (non-hydrogen) atoms. The molecule has 0 fully saturated rings. The van der Waals surface area contributed by atoms with Crippen LogP contribution in [-0.2, 0) is 0 Å². The average molecular weight is 143 g/mol. The molecule has 0 amide bonds. The molecule has 0 spiro atoms. The van der Waals surface area contributed by atoms with E-state index in [9.17, 15) is 0 Å². The molecule has 0 heterocycles. The van der Waals surface area contributed by atoms with E-state index in [0.29, 0.717) is 0 Å². The molecule has 0 aromatic heterocycles. The van der Waals surface area contributed by atoms with Crippen molar-refractivity contribution in [2.45, 2.75) is 26.2 Å². The van der Waals surface area contributed by atoms with E-state index in [1.165, 1.54) is 12.8 Å². The van der Waals surface area contributed by atoms with Gasteiger partial charge in [-0.1, -0.05) is 25.0 Å². The second kappa shape index (κ2) is 6.52. The monoisotopic (exact) mass is 143 g/mol. The van der Waals surface area contributed by atoms with Crippen LogP contribution in [-0.4, -0.2) is 25.6 Å². The Kier molecular flexibility index (Phi) is 6.13. The van der Waals surface area contributed by atoms with E-state index in [-0.39, 0.29) is 0 Å². The molecular weight excluding hydrogens is 126 g/mol. The van der Waals surface area contributed by atoms with Gasteiger partial charge in [0.1, 0.15) is 0 Å². The third-order valence-corrected chi connectivity index (χ3v) is 1.10. The van der Waals surface area contributed by atoms with Gasteiger partial charge in [-0.2, -0.15) is 5.11 Å². The maximum atomic E-state index is 3.96. The minimum absolute atomic E-state index is 0.867. The van der Waals surface area contributed by atoms with Crippen molar-refractivity contribution in [3.05, 3.63) is 0 Å². The van der Waals surface area contributed by atoms with Crippen LogP contribution in [0.4, 0.5) is 0 Å². The lowest BCUT2D eigenvalue weighted by atomic mass is 10.3. The summed E-state index contributed by atoms with van der Waals surface area (Å²) in [6.45, 7) is 3.05. The zero-order chi connectivity index (χ0) is 7.82. The van der Waals surface area contributed by atoms with Crippen molar-refractivity contribution in [3.63, 3.8) is 0 Å². The molecule has 3 nitrogen and oxygen atoms in total. The first kappa shape index (κ1) is 9.40. The lowest BCUT2D eigenvalue weighted by Crippen LogP contribution is -1.99. The summed E-state index contributed by atoms with van der Waals surface area (Å²) in [7, 11) is 3.76. The van der Waals surface area contributed by atoms with E-state index < -0.39 is 0 Å². The quantitative estimate of drug-likeness (QED) is 0.329. The maximum absolute atomic E-state index is 3.96. The van der Waals surface area contributed by atoms with Crippen molar-refractivity contribution in [2.24, 2.45) is 10.3 Å². The zero-order valence-electron chi connectivity index (χ0n) is 7.17. The van der Waals surface area contributed by atoms with Gasteiger partial charge in [0.2, 0.25) is 0 Å². The second-order valence-electron chi connectivity index (χ2n) is 2.51. The van der Waals surface area contributed by atoms with Crippen molar-refractivity contribution in [2.75, 3.05) is 20.6 Å². The highest BCUT2D eigenvalue weighted by molar-refractivity contribution is 4.39. The Bertz CT molecular complexity index is 88.9. The molecule has 0 N–H and O–H groups in total. The van der Waals surface area contributed by atoms with Crippen LogP contribution in [0.5, 0.6) is 0 Å². The van der Waals surface area contributed by atoms with Gasteiger partial charge in [-0.05, 0) is 6.42 Å². The van der Waals surface area contributed by atoms with Crippen molar-refractivity contribution >= 4 is 0 Å². The van der Waals surface area contributed by atoms with E-state index in [1.54, 1.807) is 5.01 Å². The largest absolute Gasteiger partial charge is 0.285 e. The summed E-state index contributed by atoms with van der Waals surface area (Å²) in [5.41, 5.74) is 0. The first-order valence-electron chi connectivity index (χ1n) is 3.82. The molecule has 0 aromatic rings. The van der Waals surface area contributed by atoms with Crippen LogP contribution in [0.1, 0.15) is 26.2 Å². The van der Waals surface area contributed by atoms with E-state index in [2.05, 4.69) is 17.3 Å². The van der Waals surface area contributed by atoms with Gasteiger partial charge in [0.05, 0.1) is 6.54 Å². The summed E-state index contributed by atoms with van der Waals surface area (Å²) >= 11 is 0. The van der Waals surface area contributed by atoms with Crippen LogP contribution in [0.2, 0.25) is 0 Å². The van der Waals surface area contributed by atoms with Crippen molar-refractivity contribution < 1.29 is 0 Å². The van der Waals surface area contributed by atoms with Gasteiger partial charge in [0.15, 0.2) is 0 Å². The number of rotatable bonds is 5. The van der Waals surface area contributed by atoms with Crippen LogP contribution in [0, 0.1) is 0 Å². The van der Waals surface area contributed by atoms with Gasteiger partial charge in [-0.25, -0.2) is 0 Å². The summed E-state index contributed by atoms with van der Waals surface area (Å²) in [5, 5.41) is 9.53. The second-order valence-corrected chi connectivity index (χ2v) is 2.51. The summed E-state index contributed by atoms with van der Waals surface area (Å²) in [6.07, 6.45) is 3.66. The maximum Gasteiger partial charge on any atom is 0.0620 e. The average Bonchev–Trinajstić information content (AvgIpc) is 1.87. The molecule has 0 atom stereocenters. The molecule has 0 aliphatic carbocycles. The number of hydrogen-bond donors (Lipinski definition) is 0. The van der Waals surface area contributed by atoms with Crippen molar-refractivity contribution in [1.29, 1.82) is 0 Å². The molecule has 0 radical (unpaired) electrons. The molecule has 0 aliphatic heterocycles. The molecule has 0 saturated carbocycles. The fourth-order valence-corrected chi connectivity index (χ4v) is 0.604. The van der Waals surface area contributed by atoms with Crippen molar-refractivity contribution in [3.8, 4) is 0 Å². The SMILES string of the molecule is CCCCCN=NN(C)C. The molecule has 0 aliphatic rings. The van der Waals surface area contributed by atoms with Crippen molar-refractivity contribution in [1.82, 2.24) is 5.01 Å². The lowest BCUT2D eigenvalue weighted by Gasteiger charge is -1.99. The van der Waals surface area contributed by atoms with E-state index in [0.717, 1.165) is 13.0 Å². The Morgan fingerprint density at radius 2 is 1.90 bits per heavy atom. The van der Waals surface area contributed by atoms with E-state index >= 15 is 0 Å². The lowest BCUT2D eigenvalue weighted by molar-refractivity contribution is 0.397. The van der Waals surface area contributed by atoms with Gasteiger partial charge in [-0.3, -0.25) is 5.01 Å². The fraction of sp³-hybridized carbons (Fsp3) is 1.00. The molecule has 0 aromatic carbocycles. The molecular formula is C7H17N3. The Labute approximate surface area is 63.1 Å². The number of unbranched alkanes of at least 4 members (excludes halogenated alkanes) is 2. The number of hydrogen-bond acceptors (Lipinski definition) is 2. The molecule has 0 unspecified atom stereocenters. The molecule has 0 rings (SSSR count). The molecule has 60 valence electrons. The predicted molar refractivity (Wildman–Crippen MR) is 42.9 cm³/mol. The topological polar surface area (TPSA) is 28.0 Å². The highest BCUT2D eigenvalue weighted by atomic mass is 15.5. The summed E-state index contributed by atoms with van der Waals surface area (Å²) < 4.78 is 0. The third-order valence-electron chi connectivity index (χ3n) is 1.10. The van der Waals surface area contributed by atoms with Crippen LogP contribution in [0.25, 0.3) is 0 Å². The Morgan fingerprint density at radius 1 is 1.20 bits per heavy atom. The molecule has 3 heteroatoms. The molecule has 0 saturated heterocycles. The first-order chi connectivity index (χ1) is 4.77. The fourth-order valence-electron chi connectivity index (χ4n) is 0.604. The smallest absolute Gasteiger partial charge is 0.0620 e. The Balaban J connectivity index is 3.02. The molecule has 0 bridgehead atoms. The summed E-state index contributed by atoms with van der Waals surface area (Å²) in [5.74, 6) is 0. The highest BCUT2D eigenvalue weighted by Gasteiger charge is 1.82. The Morgan fingerprint density at radius 3 is 2.40 bits per heavy atom. The van der Waals surface area contributed by atoms with Crippen LogP contribution in [0.15, 0.2) is 10.3 Å². The van der Waals surface area contributed by atoms with Gasteiger partial charge < -0.3 is 0 Å².